The number of likely N-dealkylation sites (tertiary alicyclic amines) is 1. The normalized spacial score (nSPS) is 18.7. The van der Waals surface area contributed by atoms with E-state index in [1.165, 1.54) is 0 Å². The molecular formula is C13H25N3OS. The van der Waals surface area contributed by atoms with Gasteiger partial charge < -0.3 is 15.5 Å². The Morgan fingerprint density at radius 1 is 1.44 bits per heavy atom. The molecule has 4 nitrogen and oxygen atoms in total. The van der Waals surface area contributed by atoms with Crippen LogP contribution in [0.4, 0.5) is 0 Å². The van der Waals surface area contributed by atoms with E-state index in [0.717, 1.165) is 32.5 Å². The quantitative estimate of drug-likeness (QED) is 0.778. The summed E-state index contributed by atoms with van der Waals surface area (Å²) in [5, 5.41) is 0. The maximum absolute atomic E-state index is 12.3. The number of thiocarbonyl (C=S) groups is 1. The standard InChI is InChI=1S/C13H25N3OS/c1-13(2,11(14)18)12(17)16(4)9-10-5-7-15(3)8-6-10/h10H,5-9H2,1-4H3,(H2,14,18). The van der Waals surface area contributed by atoms with E-state index >= 15 is 0 Å². The van der Waals surface area contributed by atoms with Crippen LogP contribution in [0.15, 0.2) is 0 Å². The minimum Gasteiger partial charge on any atom is -0.392 e. The number of carbonyl (C=O) groups excluding carboxylic acids is 1. The van der Waals surface area contributed by atoms with E-state index < -0.39 is 5.41 Å². The summed E-state index contributed by atoms with van der Waals surface area (Å²) < 4.78 is 0. The largest absolute Gasteiger partial charge is 0.392 e. The second-order valence-electron chi connectivity index (χ2n) is 5.92. The van der Waals surface area contributed by atoms with Gasteiger partial charge in [-0.3, -0.25) is 4.79 Å². The molecular weight excluding hydrogens is 246 g/mol. The van der Waals surface area contributed by atoms with Gasteiger partial charge in [0.2, 0.25) is 5.91 Å². The van der Waals surface area contributed by atoms with Gasteiger partial charge in [-0.1, -0.05) is 12.2 Å². The molecule has 1 aliphatic heterocycles. The van der Waals surface area contributed by atoms with Crippen LogP contribution in [-0.2, 0) is 4.79 Å². The van der Waals surface area contributed by atoms with Gasteiger partial charge in [-0.25, -0.2) is 0 Å². The van der Waals surface area contributed by atoms with Gasteiger partial charge in [0.15, 0.2) is 0 Å². The molecule has 1 saturated heterocycles. The molecule has 18 heavy (non-hydrogen) atoms. The van der Waals surface area contributed by atoms with Crippen LogP contribution in [0.2, 0.25) is 0 Å². The first-order valence-electron chi connectivity index (χ1n) is 6.49. The van der Waals surface area contributed by atoms with Gasteiger partial charge in [0.1, 0.15) is 0 Å². The predicted octanol–water partition coefficient (Wildman–Crippen LogP) is 1.10. The van der Waals surface area contributed by atoms with Gasteiger partial charge >= 0.3 is 0 Å². The molecule has 1 heterocycles. The average molecular weight is 271 g/mol. The minimum atomic E-state index is -0.741. The van der Waals surface area contributed by atoms with Crippen LogP contribution in [0.25, 0.3) is 0 Å². The zero-order valence-corrected chi connectivity index (χ0v) is 12.7. The number of carbonyl (C=O) groups is 1. The molecule has 0 saturated carbocycles. The molecule has 0 radical (unpaired) electrons. The molecule has 0 aromatic carbocycles. The Labute approximate surface area is 115 Å². The van der Waals surface area contributed by atoms with Crippen molar-refractivity contribution in [1.82, 2.24) is 9.80 Å². The monoisotopic (exact) mass is 271 g/mol. The Morgan fingerprint density at radius 3 is 2.39 bits per heavy atom. The third-order valence-corrected chi connectivity index (χ3v) is 4.38. The van der Waals surface area contributed by atoms with E-state index in [9.17, 15) is 4.79 Å². The SMILES string of the molecule is CN1CCC(CN(C)C(=O)C(C)(C)C(N)=S)CC1. The Hall–Kier alpha value is -0.680. The van der Waals surface area contributed by atoms with Gasteiger partial charge in [0.05, 0.1) is 10.4 Å². The van der Waals surface area contributed by atoms with Crippen LogP contribution in [0.3, 0.4) is 0 Å². The first-order valence-corrected chi connectivity index (χ1v) is 6.90. The highest BCUT2D eigenvalue weighted by Gasteiger charge is 2.34. The molecule has 0 spiro atoms. The molecule has 0 bridgehead atoms. The highest BCUT2D eigenvalue weighted by atomic mass is 32.1. The van der Waals surface area contributed by atoms with E-state index in [1.54, 1.807) is 18.7 Å². The summed E-state index contributed by atoms with van der Waals surface area (Å²) in [6.07, 6.45) is 2.31. The fourth-order valence-corrected chi connectivity index (χ4v) is 2.38. The van der Waals surface area contributed by atoms with E-state index in [0.29, 0.717) is 5.92 Å². The fourth-order valence-electron chi connectivity index (χ4n) is 2.30. The molecule has 1 amide bonds. The van der Waals surface area contributed by atoms with Crippen LogP contribution in [-0.4, -0.2) is 54.4 Å². The number of hydrogen-bond acceptors (Lipinski definition) is 3. The molecule has 0 aromatic rings. The van der Waals surface area contributed by atoms with Gasteiger partial charge in [-0.05, 0) is 52.7 Å². The predicted molar refractivity (Wildman–Crippen MR) is 78.4 cm³/mol. The number of rotatable bonds is 4. The summed E-state index contributed by atoms with van der Waals surface area (Å²) in [5.41, 5.74) is 4.90. The Bertz CT molecular complexity index is 322. The van der Waals surface area contributed by atoms with E-state index in [1.807, 2.05) is 7.05 Å². The number of nitrogens with two attached hydrogens (primary N) is 1. The van der Waals surface area contributed by atoms with Gasteiger partial charge in [-0.2, -0.15) is 0 Å². The molecule has 2 N–H and O–H groups in total. The fraction of sp³-hybridized carbons (Fsp3) is 0.846. The molecule has 1 fully saturated rings. The lowest BCUT2D eigenvalue weighted by Gasteiger charge is -2.34. The van der Waals surface area contributed by atoms with Crippen molar-refractivity contribution < 1.29 is 4.79 Å². The smallest absolute Gasteiger partial charge is 0.234 e. The van der Waals surface area contributed by atoms with E-state index in [-0.39, 0.29) is 10.9 Å². The van der Waals surface area contributed by atoms with Crippen molar-refractivity contribution in [2.75, 3.05) is 33.7 Å². The molecule has 0 aliphatic carbocycles. The Balaban J connectivity index is 2.52. The third-order valence-electron chi connectivity index (χ3n) is 3.87. The zero-order valence-electron chi connectivity index (χ0n) is 11.9. The van der Waals surface area contributed by atoms with Crippen LogP contribution >= 0.6 is 12.2 Å². The highest BCUT2D eigenvalue weighted by molar-refractivity contribution is 7.80. The molecule has 0 atom stereocenters. The Kier molecular flexibility index (Phi) is 5.10. The molecule has 1 aliphatic rings. The van der Waals surface area contributed by atoms with Crippen molar-refractivity contribution >= 4 is 23.1 Å². The summed E-state index contributed by atoms with van der Waals surface area (Å²) in [4.78, 5) is 16.7. The van der Waals surface area contributed by atoms with Crippen molar-refractivity contribution in [1.29, 1.82) is 0 Å². The molecule has 0 aromatic heterocycles. The molecule has 5 heteroatoms. The lowest BCUT2D eigenvalue weighted by atomic mass is 9.90. The molecule has 104 valence electrons. The number of nitrogens with zero attached hydrogens (tertiary/aromatic N) is 2. The van der Waals surface area contributed by atoms with Crippen molar-refractivity contribution in [2.24, 2.45) is 17.1 Å². The van der Waals surface area contributed by atoms with Crippen LogP contribution < -0.4 is 5.73 Å². The van der Waals surface area contributed by atoms with Crippen molar-refractivity contribution in [3.63, 3.8) is 0 Å². The van der Waals surface area contributed by atoms with Crippen LogP contribution in [0.1, 0.15) is 26.7 Å². The first-order chi connectivity index (χ1) is 8.25. The zero-order chi connectivity index (χ0) is 13.9. The number of amides is 1. The third kappa shape index (κ3) is 3.65. The summed E-state index contributed by atoms with van der Waals surface area (Å²) >= 11 is 4.97. The summed E-state index contributed by atoms with van der Waals surface area (Å²) in [6.45, 7) is 6.63. The topological polar surface area (TPSA) is 49.6 Å². The van der Waals surface area contributed by atoms with Gasteiger partial charge in [0, 0.05) is 13.6 Å². The van der Waals surface area contributed by atoms with Crippen molar-refractivity contribution in [3.05, 3.63) is 0 Å². The average Bonchev–Trinajstić information content (AvgIpc) is 2.30. The molecule has 0 unspecified atom stereocenters. The summed E-state index contributed by atoms with van der Waals surface area (Å²) in [5.74, 6) is 0.617. The highest BCUT2D eigenvalue weighted by Crippen LogP contribution is 2.22. The molecule has 1 rings (SSSR count). The number of hydrogen-bond donors (Lipinski definition) is 1. The van der Waals surface area contributed by atoms with Crippen molar-refractivity contribution in [3.8, 4) is 0 Å². The number of piperidine rings is 1. The van der Waals surface area contributed by atoms with Crippen molar-refractivity contribution in [2.45, 2.75) is 26.7 Å². The second-order valence-corrected chi connectivity index (χ2v) is 6.36. The second kappa shape index (κ2) is 5.97. The summed E-state index contributed by atoms with van der Waals surface area (Å²) in [6, 6.07) is 0. The maximum Gasteiger partial charge on any atom is 0.234 e. The van der Waals surface area contributed by atoms with Gasteiger partial charge in [0.25, 0.3) is 0 Å². The summed E-state index contributed by atoms with van der Waals surface area (Å²) in [7, 11) is 3.99. The lowest BCUT2D eigenvalue weighted by molar-refractivity contribution is -0.136. The Morgan fingerprint density at radius 2 is 1.94 bits per heavy atom. The lowest BCUT2D eigenvalue weighted by Crippen LogP contribution is -2.47. The van der Waals surface area contributed by atoms with E-state index in [2.05, 4.69) is 11.9 Å². The van der Waals surface area contributed by atoms with E-state index in [4.69, 9.17) is 18.0 Å². The maximum atomic E-state index is 12.3. The first kappa shape index (κ1) is 15.4. The van der Waals surface area contributed by atoms with Crippen LogP contribution in [0.5, 0.6) is 0 Å². The van der Waals surface area contributed by atoms with Gasteiger partial charge in [-0.15, -0.1) is 0 Å². The van der Waals surface area contributed by atoms with Crippen LogP contribution in [0, 0.1) is 11.3 Å². The minimum absolute atomic E-state index is 0.0222.